The van der Waals surface area contributed by atoms with Crippen LogP contribution in [-0.2, 0) is 9.59 Å². The number of benzene rings is 3. The molecule has 5 heteroatoms. The van der Waals surface area contributed by atoms with Crippen LogP contribution in [0.5, 0.6) is 0 Å². The summed E-state index contributed by atoms with van der Waals surface area (Å²) in [5, 5.41) is 2.75. The van der Waals surface area contributed by atoms with Crippen LogP contribution in [0.15, 0.2) is 95.0 Å². The molecule has 4 nitrogen and oxygen atoms in total. The molecule has 0 saturated carbocycles. The van der Waals surface area contributed by atoms with E-state index in [2.05, 4.69) is 21.2 Å². The van der Waals surface area contributed by atoms with E-state index in [0.29, 0.717) is 11.3 Å². The van der Waals surface area contributed by atoms with Gasteiger partial charge < -0.3 is 5.32 Å². The number of nitrogens with one attached hydrogen (secondary N) is 1. The van der Waals surface area contributed by atoms with Crippen LogP contribution in [0.2, 0.25) is 0 Å². The number of carbonyl (C=O) groups is 2. The summed E-state index contributed by atoms with van der Waals surface area (Å²) in [6, 6.07) is 24.9. The largest absolute Gasteiger partial charge is 0.326 e. The van der Waals surface area contributed by atoms with Gasteiger partial charge in [0.05, 0.1) is 5.70 Å². The van der Waals surface area contributed by atoms with Crippen molar-refractivity contribution in [2.75, 3.05) is 10.2 Å². The Balaban J connectivity index is 1.74. The van der Waals surface area contributed by atoms with Gasteiger partial charge in [0.2, 0.25) is 5.91 Å². The van der Waals surface area contributed by atoms with Crippen LogP contribution in [0.25, 0.3) is 11.8 Å². The Morgan fingerprint density at radius 2 is 1.60 bits per heavy atom. The van der Waals surface area contributed by atoms with Gasteiger partial charge >= 0.3 is 0 Å². The number of carbonyl (C=O) groups excluding carboxylic acids is 2. The molecule has 1 aliphatic rings. The fourth-order valence-electron chi connectivity index (χ4n) is 3.33. The molecule has 0 radical (unpaired) electrons. The van der Waals surface area contributed by atoms with Crippen LogP contribution in [0.4, 0.5) is 11.4 Å². The molecule has 30 heavy (non-hydrogen) atoms. The third-order valence-electron chi connectivity index (χ3n) is 4.69. The number of rotatable bonds is 4. The second-order valence-electron chi connectivity index (χ2n) is 6.92. The molecule has 0 atom stereocenters. The molecule has 1 heterocycles. The first-order chi connectivity index (χ1) is 14.5. The van der Waals surface area contributed by atoms with Crippen molar-refractivity contribution in [3.8, 4) is 0 Å². The lowest BCUT2D eigenvalue weighted by Crippen LogP contribution is -2.25. The topological polar surface area (TPSA) is 49.4 Å². The molecule has 148 valence electrons. The summed E-state index contributed by atoms with van der Waals surface area (Å²) in [4.78, 5) is 26.3. The lowest BCUT2D eigenvalue weighted by molar-refractivity contribution is -0.114. The smallest absolute Gasteiger partial charge is 0.262 e. The number of hydrogen-bond donors (Lipinski definition) is 1. The van der Waals surface area contributed by atoms with Gasteiger partial charge in [-0.05, 0) is 59.7 Å². The summed E-state index contributed by atoms with van der Waals surface area (Å²) in [5.41, 5.74) is 4.76. The van der Waals surface area contributed by atoms with Crippen LogP contribution in [-0.4, -0.2) is 11.8 Å². The number of hydrogen-bond acceptors (Lipinski definition) is 2. The van der Waals surface area contributed by atoms with Crippen LogP contribution in [0.3, 0.4) is 0 Å². The highest BCUT2D eigenvalue weighted by Crippen LogP contribution is 2.35. The fraction of sp³-hybridized carbons (Fsp3) is 0.0400. The zero-order chi connectivity index (χ0) is 21.1. The minimum absolute atomic E-state index is 0.0935. The molecule has 4 rings (SSSR count). The average molecular weight is 459 g/mol. The first kappa shape index (κ1) is 19.9. The summed E-state index contributed by atoms with van der Waals surface area (Å²) in [6.07, 6.45) is 3.81. The van der Waals surface area contributed by atoms with Gasteiger partial charge in [0.1, 0.15) is 0 Å². The van der Waals surface area contributed by atoms with Gasteiger partial charge in [-0.1, -0.05) is 58.4 Å². The van der Waals surface area contributed by atoms with Gasteiger partial charge in [-0.3, -0.25) is 14.5 Å². The van der Waals surface area contributed by atoms with E-state index in [-0.39, 0.29) is 11.8 Å². The number of amides is 2. The quantitative estimate of drug-likeness (QED) is 0.496. The molecule has 0 saturated heterocycles. The third-order valence-corrected chi connectivity index (χ3v) is 5.22. The minimum atomic E-state index is -0.135. The summed E-state index contributed by atoms with van der Waals surface area (Å²) in [7, 11) is 0. The van der Waals surface area contributed by atoms with Crippen LogP contribution in [0, 0.1) is 0 Å². The van der Waals surface area contributed by atoms with E-state index in [1.807, 2.05) is 78.9 Å². The van der Waals surface area contributed by atoms with Crippen LogP contribution < -0.4 is 10.2 Å². The Kier molecular flexibility index (Phi) is 5.63. The van der Waals surface area contributed by atoms with Gasteiger partial charge in [0.25, 0.3) is 5.91 Å². The highest BCUT2D eigenvalue weighted by Gasteiger charge is 2.30. The second kappa shape index (κ2) is 8.51. The van der Waals surface area contributed by atoms with Crippen molar-refractivity contribution in [1.82, 2.24) is 0 Å². The van der Waals surface area contributed by atoms with E-state index in [1.54, 1.807) is 17.0 Å². The fourth-order valence-corrected chi connectivity index (χ4v) is 3.59. The van der Waals surface area contributed by atoms with Crippen LogP contribution >= 0.6 is 15.9 Å². The molecule has 0 spiro atoms. The number of halogens is 1. The molecular formula is C25H19BrN2O2. The molecule has 0 bridgehead atoms. The summed E-state index contributed by atoms with van der Waals surface area (Å²) >= 11 is 3.44. The molecule has 2 amide bonds. The summed E-state index contributed by atoms with van der Waals surface area (Å²) in [5.74, 6) is -0.228. The van der Waals surface area contributed by atoms with Crippen LogP contribution in [0.1, 0.15) is 18.1 Å². The molecule has 0 fully saturated rings. The van der Waals surface area contributed by atoms with Crippen molar-refractivity contribution in [1.29, 1.82) is 0 Å². The molecule has 1 N–H and O–H groups in total. The van der Waals surface area contributed by atoms with E-state index >= 15 is 0 Å². The Morgan fingerprint density at radius 1 is 0.933 bits per heavy atom. The second-order valence-corrected chi connectivity index (χ2v) is 7.83. The third kappa shape index (κ3) is 4.26. The zero-order valence-electron chi connectivity index (χ0n) is 16.3. The summed E-state index contributed by atoms with van der Waals surface area (Å²) in [6.45, 7) is 1.47. The highest BCUT2D eigenvalue weighted by molar-refractivity contribution is 9.10. The lowest BCUT2D eigenvalue weighted by Gasteiger charge is -2.21. The monoisotopic (exact) mass is 458 g/mol. The maximum Gasteiger partial charge on any atom is 0.262 e. The predicted octanol–water partition coefficient (Wildman–Crippen LogP) is 5.88. The number of anilines is 2. The molecular weight excluding hydrogens is 440 g/mol. The van der Waals surface area contributed by atoms with E-state index in [0.717, 1.165) is 27.0 Å². The molecule has 3 aromatic rings. The Hall–Kier alpha value is -3.44. The number of nitrogens with zero attached hydrogens (tertiary/aromatic N) is 1. The molecule has 3 aromatic carbocycles. The van der Waals surface area contributed by atoms with Gasteiger partial charge in [-0.15, -0.1) is 0 Å². The first-order valence-corrected chi connectivity index (χ1v) is 10.3. The maximum atomic E-state index is 13.4. The molecule has 0 unspecified atom stereocenters. The van der Waals surface area contributed by atoms with Crippen molar-refractivity contribution in [2.45, 2.75) is 6.92 Å². The first-order valence-electron chi connectivity index (χ1n) is 9.48. The van der Waals surface area contributed by atoms with E-state index in [1.165, 1.54) is 6.92 Å². The Bertz CT molecular complexity index is 1150. The molecule has 1 aliphatic heterocycles. The molecule has 0 aromatic heterocycles. The van der Waals surface area contributed by atoms with Gasteiger partial charge in [0, 0.05) is 28.3 Å². The van der Waals surface area contributed by atoms with Gasteiger partial charge in [-0.25, -0.2) is 0 Å². The minimum Gasteiger partial charge on any atom is -0.326 e. The van der Waals surface area contributed by atoms with Crippen molar-refractivity contribution < 1.29 is 9.59 Å². The van der Waals surface area contributed by atoms with Gasteiger partial charge in [-0.2, -0.15) is 0 Å². The summed E-state index contributed by atoms with van der Waals surface area (Å²) < 4.78 is 0.990. The zero-order valence-corrected chi connectivity index (χ0v) is 17.9. The van der Waals surface area contributed by atoms with Crippen molar-refractivity contribution >= 4 is 50.9 Å². The van der Waals surface area contributed by atoms with Crippen molar-refractivity contribution in [3.05, 3.63) is 106 Å². The van der Waals surface area contributed by atoms with Crippen molar-refractivity contribution in [2.24, 2.45) is 0 Å². The standard InChI is InChI=1S/C25H19BrN2O2/c1-17(29)27-22-11-13-23(14-12-22)28-24(19-5-3-2-4-6-19)16-20(25(28)30)15-18-7-9-21(26)10-8-18/h2-16H,1H3,(H,27,29)/b20-15+. The van der Waals surface area contributed by atoms with E-state index < -0.39 is 0 Å². The van der Waals surface area contributed by atoms with E-state index in [4.69, 9.17) is 0 Å². The van der Waals surface area contributed by atoms with Gasteiger partial charge in [0.15, 0.2) is 0 Å². The highest BCUT2D eigenvalue weighted by atomic mass is 79.9. The SMILES string of the molecule is CC(=O)Nc1ccc(N2C(=O)/C(=C/c3ccc(Br)cc3)C=C2c2ccccc2)cc1. The average Bonchev–Trinajstić information content (AvgIpc) is 3.07. The predicted molar refractivity (Wildman–Crippen MR) is 125 cm³/mol. The lowest BCUT2D eigenvalue weighted by atomic mass is 10.1. The maximum absolute atomic E-state index is 13.4. The molecule has 0 aliphatic carbocycles. The normalized spacial score (nSPS) is 14.7. The Labute approximate surface area is 183 Å². The Morgan fingerprint density at radius 3 is 2.23 bits per heavy atom. The van der Waals surface area contributed by atoms with E-state index in [9.17, 15) is 9.59 Å². The van der Waals surface area contributed by atoms with Crippen molar-refractivity contribution in [3.63, 3.8) is 0 Å².